The Morgan fingerprint density at radius 1 is 1.33 bits per heavy atom. The first-order valence-electron chi connectivity index (χ1n) is 7.12. The van der Waals surface area contributed by atoms with Crippen LogP contribution in [0, 0.1) is 0 Å². The van der Waals surface area contributed by atoms with Gasteiger partial charge in [0.15, 0.2) is 5.76 Å². The number of nitrogens with zero attached hydrogens (tertiary/aromatic N) is 1. The first-order valence-corrected chi connectivity index (χ1v) is 7.12. The van der Waals surface area contributed by atoms with E-state index < -0.39 is 0 Å². The average molecular weight is 285 g/mol. The third-order valence-corrected chi connectivity index (χ3v) is 3.49. The first-order chi connectivity index (χ1) is 10.3. The minimum Gasteiger partial charge on any atom is -0.454 e. The smallest absolute Gasteiger partial charge is 0.156 e. The normalized spacial score (nSPS) is 11.1. The van der Waals surface area contributed by atoms with Gasteiger partial charge in [-0.1, -0.05) is 25.1 Å². The SMILES string of the molecule is CCc1c(-c2cc(NCCOC)n[nH]2)oc2ccccc12. The van der Waals surface area contributed by atoms with Gasteiger partial charge < -0.3 is 14.5 Å². The molecule has 5 heteroatoms. The number of anilines is 1. The van der Waals surface area contributed by atoms with E-state index in [0.29, 0.717) is 6.61 Å². The van der Waals surface area contributed by atoms with Gasteiger partial charge in [-0.25, -0.2) is 0 Å². The number of H-pyrrole nitrogens is 1. The number of hydrogen-bond donors (Lipinski definition) is 2. The molecule has 110 valence electrons. The highest BCUT2D eigenvalue weighted by Crippen LogP contribution is 2.33. The lowest BCUT2D eigenvalue weighted by atomic mass is 10.1. The number of aromatic nitrogens is 2. The monoisotopic (exact) mass is 285 g/mol. The van der Waals surface area contributed by atoms with Crippen molar-refractivity contribution in [3.8, 4) is 11.5 Å². The van der Waals surface area contributed by atoms with Crippen LogP contribution in [-0.2, 0) is 11.2 Å². The number of furan rings is 1. The van der Waals surface area contributed by atoms with E-state index in [1.807, 2.05) is 24.3 Å². The molecule has 3 rings (SSSR count). The Morgan fingerprint density at radius 3 is 3.00 bits per heavy atom. The van der Waals surface area contributed by atoms with Crippen LogP contribution in [0.4, 0.5) is 5.82 Å². The maximum absolute atomic E-state index is 5.99. The van der Waals surface area contributed by atoms with Crippen LogP contribution in [0.3, 0.4) is 0 Å². The summed E-state index contributed by atoms with van der Waals surface area (Å²) in [5.41, 5.74) is 3.01. The van der Waals surface area contributed by atoms with Gasteiger partial charge in [0.2, 0.25) is 0 Å². The Hall–Kier alpha value is -2.27. The molecule has 0 amide bonds. The van der Waals surface area contributed by atoms with Gasteiger partial charge in [0.05, 0.1) is 6.61 Å². The number of hydrogen-bond acceptors (Lipinski definition) is 4. The van der Waals surface area contributed by atoms with Crippen molar-refractivity contribution in [2.24, 2.45) is 0 Å². The van der Waals surface area contributed by atoms with Crippen molar-refractivity contribution in [2.45, 2.75) is 13.3 Å². The van der Waals surface area contributed by atoms with E-state index in [1.54, 1.807) is 7.11 Å². The van der Waals surface area contributed by atoms with Crippen molar-refractivity contribution in [1.29, 1.82) is 0 Å². The predicted octanol–water partition coefficient (Wildman–Crippen LogP) is 3.44. The summed E-state index contributed by atoms with van der Waals surface area (Å²) in [4.78, 5) is 0. The third kappa shape index (κ3) is 2.64. The fourth-order valence-corrected chi connectivity index (χ4v) is 2.48. The largest absolute Gasteiger partial charge is 0.454 e. The molecule has 0 saturated heterocycles. The van der Waals surface area contributed by atoms with Crippen LogP contribution in [-0.4, -0.2) is 30.5 Å². The molecule has 0 spiro atoms. The van der Waals surface area contributed by atoms with Gasteiger partial charge in [-0.05, 0) is 12.5 Å². The van der Waals surface area contributed by atoms with Crippen LogP contribution in [0.5, 0.6) is 0 Å². The lowest BCUT2D eigenvalue weighted by Crippen LogP contribution is -2.07. The molecule has 0 bridgehead atoms. The van der Waals surface area contributed by atoms with Crippen molar-refractivity contribution in [2.75, 3.05) is 25.6 Å². The molecule has 3 aromatic rings. The number of methoxy groups -OCH3 is 1. The molecule has 1 aromatic carbocycles. The van der Waals surface area contributed by atoms with Crippen LogP contribution in [0.15, 0.2) is 34.7 Å². The molecule has 5 nitrogen and oxygen atoms in total. The van der Waals surface area contributed by atoms with Gasteiger partial charge >= 0.3 is 0 Å². The number of nitrogens with one attached hydrogen (secondary N) is 2. The summed E-state index contributed by atoms with van der Waals surface area (Å²) in [7, 11) is 1.68. The summed E-state index contributed by atoms with van der Waals surface area (Å²) in [6.45, 7) is 3.50. The number of benzene rings is 1. The van der Waals surface area contributed by atoms with E-state index in [-0.39, 0.29) is 0 Å². The van der Waals surface area contributed by atoms with E-state index in [9.17, 15) is 0 Å². The highest BCUT2D eigenvalue weighted by Gasteiger charge is 2.16. The molecule has 2 N–H and O–H groups in total. The van der Waals surface area contributed by atoms with E-state index >= 15 is 0 Å². The molecule has 0 saturated carbocycles. The lowest BCUT2D eigenvalue weighted by Gasteiger charge is -1.99. The minimum atomic E-state index is 0.646. The zero-order valence-electron chi connectivity index (χ0n) is 12.3. The van der Waals surface area contributed by atoms with Gasteiger partial charge in [0.25, 0.3) is 0 Å². The second-order valence-corrected chi connectivity index (χ2v) is 4.85. The Balaban J connectivity index is 1.93. The maximum atomic E-state index is 5.99. The third-order valence-electron chi connectivity index (χ3n) is 3.49. The fraction of sp³-hybridized carbons (Fsp3) is 0.312. The molecule has 0 fully saturated rings. The molecular weight excluding hydrogens is 266 g/mol. The molecule has 2 aromatic heterocycles. The van der Waals surface area contributed by atoms with Crippen LogP contribution < -0.4 is 5.32 Å². The Morgan fingerprint density at radius 2 is 2.19 bits per heavy atom. The molecular formula is C16H19N3O2. The zero-order chi connectivity index (χ0) is 14.7. The van der Waals surface area contributed by atoms with E-state index in [2.05, 4.69) is 28.5 Å². The van der Waals surface area contributed by atoms with E-state index in [1.165, 1.54) is 10.9 Å². The number of rotatable bonds is 6. The van der Waals surface area contributed by atoms with Gasteiger partial charge in [-0.15, -0.1) is 0 Å². The second-order valence-electron chi connectivity index (χ2n) is 4.85. The maximum Gasteiger partial charge on any atom is 0.156 e. The standard InChI is InChI=1S/C16H19N3O2/c1-3-11-12-6-4-5-7-14(12)21-16(11)13-10-15(19-18-13)17-8-9-20-2/h4-7,10H,3,8-9H2,1-2H3,(H2,17,18,19). The number of ether oxygens (including phenoxy) is 1. The van der Waals surface area contributed by atoms with Gasteiger partial charge in [0.1, 0.15) is 17.1 Å². The highest BCUT2D eigenvalue weighted by atomic mass is 16.5. The van der Waals surface area contributed by atoms with Crippen LogP contribution in [0.25, 0.3) is 22.4 Å². The van der Waals surface area contributed by atoms with Gasteiger partial charge in [-0.2, -0.15) is 5.10 Å². The first kappa shape index (κ1) is 13.7. The number of aryl methyl sites for hydroxylation is 1. The van der Waals surface area contributed by atoms with Crippen LogP contribution in [0.2, 0.25) is 0 Å². The van der Waals surface area contributed by atoms with E-state index in [0.717, 1.165) is 35.8 Å². The summed E-state index contributed by atoms with van der Waals surface area (Å²) in [5.74, 6) is 1.66. The zero-order valence-corrected chi connectivity index (χ0v) is 12.3. The number of para-hydroxylation sites is 1. The molecule has 21 heavy (non-hydrogen) atoms. The molecule has 0 unspecified atom stereocenters. The average Bonchev–Trinajstić information content (AvgIpc) is 3.11. The summed E-state index contributed by atoms with van der Waals surface area (Å²) < 4.78 is 11.0. The van der Waals surface area contributed by atoms with Crippen molar-refractivity contribution >= 4 is 16.8 Å². The molecule has 0 aliphatic heterocycles. The van der Waals surface area contributed by atoms with Gasteiger partial charge in [0, 0.05) is 30.7 Å². The Labute approximate surface area is 123 Å². The number of aromatic amines is 1. The quantitative estimate of drug-likeness (QED) is 0.681. The Kier molecular flexibility index (Phi) is 3.92. The summed E-state index contributed by atoms with van der Waals surface area (Å²) in [6.07, 6.45) is 0.914. The second kappa shape index (κ2) is 6.01. The fourth-order valence-electron chi connectivity index (χ4n) is 2.48. The summed E-state index contributed by atoms with van der Waals surface area (Å²) >= 11 is 0. The molecule has 0 atom stereocenters. The van der Waals surface area contributed by atoms with Crippen molar-refractivity contribution in [1.82, 2.24) is 10.2 Å². The minimum absolute atomic E-state index is 0.646. The lowest BCUT2D eigenvalue weighted by molar-refractivity contribution is 0.210. The van der Waals surface area contributed by atoms with Crippen LogP contribution >= 0.6 is 0 Å². The molecule has 0 radical (unpaired) electrons. The van der Waals surface area contributed by atoms with Crippen LogP contribution in [0.1, 0.15) is 12.5 Å². The topological polar surface area (TPSA) is 63.1 Å². The summed E-state index contributed by atoms with van der Waals surface area (Å²) in [6, 6.07) is 10.1. The van der Waals surface area contributed by atoms with E-state index in [4.69, 9.17) is 9.15 Å². The molecule has 0 aliphatic carbocycles. The van der Waals surface area contributed by atoms with Crippen molar-refractivity contribution in [3.63, 3.8) is 0 Å². The highest BCUT2D eigenvalue weighted by molar-refractivity contribution is 5.87. The molecule has 2 heterocycles. The van der Waals surface area contributed by atoms with Crippen molar-refractivity contribution in [3.05, 3.63) is 35.9 Å². The summed E-state index contributed by atoms with van der Waals surface area (Å²) in [5, 5.41) is 11.7. The van der Waals surface area contributed by atoms with Crippen molar-refractivity contribution < 1.29 is 9.15 Å². The molecule has 0 aliphatic rings. The Bertz CT molecular complexity index is 730. The number of fused-ring (bicyclic) bond motifs is 1. The predicted molar refractivity (Wildman–Crippen MR) is 83.5 cm³/mol. The van der Waals surface area contributed by atoms with Gasteiger partial charge in [-0.3, -0.25) is 5.10 Å².